The van der Waals surface area contributed by atoms with Gasteiger partial charge in [0.15, 0.2) is 17.1 Å². The zero-order chi connectivity index (χ0) is 21.5. The number of nitrogens with zero attached hydrogens (tertiary/aromatic N) is 3. The maximum absolute atomic E-state index is 12.5. The minimum Gasteiger partial charge on any atom is -0.490 e. The van der Waals surface area contributed by atoms with Gasteiger partial charge < -0.3 is 14.8 Å². The van der Waals surface area contributed by atoms with Gasteiger partial charge in [0, 0.05) is 24.8 Å². The maximum Gasteiger partial charge on any atom is 0.350 e. The number of aryl methyl sites for hydroxylation is 1. The van der Waals surface area contributed by atoms with E-state index in [-0.39, 0.29) is 11.6 Å². The molecule has 0 bridgehead atoms. The Kier molecular flexibility index (Phi) is 7.35. The third-order valence-corrected chi connectivity index (χ3v) is 4.62. The predicted octanol–water partition coefficient (Wildman–Crippen LogP) is 3.16. The number of ether oxygens (including phenoxy) is 2. The number of carbonyl (C=O) groups is 1. The third-order valence-electron chi connectivity index (χ3n) is 4.34. The van der Waals surface area contributed by atoms with Crippen molar-refractivity contribution in [3.05, 3.63) is 57.6 Å². The lowest BCUT2D eigenvalue weighted by Gasteiger charge is -2.15. The SMILES string of the molecule is CCCOc1c(Cl)cc(C(=O)NCCCn2nc3ccccn3c2=O)cc1OCC. The van der Waals surface area contributed by atoms with Crippen LogP contribution in [0.25, 0.3) is 5.65 Å². The molecule has 2 aromatic heterocycles. The highest BCUT2D eigenvalue weighted by molar-refractivity contribution is 6.32. The van der Waals surface area contributed by atoms with Crippen LogP contribution in [0.5, 0.6) is 11.5 Å². The summed E-state index contributed by atoms with van der Waals surface area (Å²) in [5, 5.41) is 7.44. The van der Waals surface area contributed by atoms with Crippen molar-refractivity contribution in [3.63, 3.8) is 0 Å². The smallest absolute Gasteiger partial charge is 0.350 e. The van der Waals surface area contributed by atoms with Crippen molar-refractivity contribution in [2.75, 3.05) is 19.8 Å². The van der Waals surface area contributed by atoms with Crippen LogP contribution in [0.1, 0.15) is 37.0 Å². The number of aromatic nitrogens is 3. The number of pyridine rings is 1. The fourth-order valence-corrected chi connectivity index (χ4v) is 3.22. The molecule has 0 radical (unpaired) electrons. The zero-order valence-electron chi connectivity index (χ0n) is 17.1. The highest BCUT2D eigenvalue weighted by atomic mass is 35.5. The Bertz CT molecular complexity index is 1080. The maximum atomic E-state index is 12.5. The van der Waals surface area contributed by atoms with Gasteiger partial charge in [-0.25, -0.2) is 9.48 Å². The Labute approximate surface area is 179 Å². The van der Waals surface area contributed by atoms with Gasteiger partial charge in [-0.15, -0.1) is 5.10 Å². The number of rotatable bonds is 10. The molecule has 0 saturated carbocycles. The molecule has 0 atom stereocenters. The standard InChI is InChI=1S/C21H25ClN4O4/c1-3-12-30-19-16(22)13-15(14-17(19)29-4-2)20(27)23-9-7-11-26-21(28)25-10-6-5-8-18(25)24-26/h5-6,8,10,13-14H,3-4,7,9,11-12H2,1-2H3,(H,23,27). The van der Waals surface area contributed by atoms with E-state index in [0.29, 0.717) is 60.5 Å². The second-order valence-corrected chi connectivity index (χ2v) is 7.02. The monoisotopic (exact) mass is 432 g/mol. The average molecular weight is 433 g/mol. The Morgan fingerprint density at radius 2 is 2.07 bits per heavy atom. The molecular formula is C21H25ClN4O4. The number of fused-ring (bicyclic) bond motifs is 1. The van der Waals surface area contributed by atoms with Crippen LogP contribution >= 0.6 is 11.6 Å². The van der Waals surface area contributed by atoms with Gasteiger partial charge in [0.25, 0.3) is 5.91 Å². The van der Waals surface area contributed by atoms with Crippen molar-refractivity contribution in [1.82, 2.24) is 19.5 Å². The lowest BCUT2D eigenvalue weighted by molar-refractivity contribution is 0.0952. The number of hydrogen-bond acceptors (Lipinski definition) is 5. The Hall–Kier alpha value is -3.00. The Morgan fingerprint density at radius 1 is 1.23 bits per heavy atom. The molecule has 1 aromatic carbocycles. The van der Waals surface area contributed by atoms with Crippen LogP contribution in [0.3, 0.4) is 0 Å². The molecule has 3 rings (SSSR count). The van der Waals surface area contributed by atoms with E-state index < -0.39 is 0 Å². The van der Waals surface area contributed by atoms with E-state index >= 15 is 0 Å². The van der Waals surface area contributed by atoms with Crippen molar-refractivity contribution in [1.29, 1.82) is 0 Å². The van der Waals surface area contributed by atoms with Crippen molar-refractivity contribution in [2.24, 2.45) is 0 Å². The van der Waals surface area contributed by atoms with Gasteiger partial charge in [-0.3, -0.25) is 9.20 Å². The fraction of sp³-hybridized carbons (Fsp3) is 0.381. The predicted molar refractivity (Wildman–Crippen MR) is 115 cm³/mol. The van der Waals surface area contributed by atoms with Gasteiger partial charge in [0.05, 0.1) is 18.2 Å². The first-order chi connectivity index (χ1) is 14.5. The molecule has 0 aliphatic heterocycles. The molecular weight excluding hydrogens is 408 g/mol. The van der Waals surface area contributed by atoms with E-state index in [4.69, 9.17) is 21.1 Å². The Balaban J connectivity index is 1.61. The molecule has 0 spiro atoms. The number of hydrogen-bond donors (Lipinski definition) is 1. The molecule has 0 unspecified atom stereocenters. The van der Waals surface area contributed by atoms with Crippen LogP contribution in [0, 0.1) is 0 Å². The first kappa shape index (κ1) is 21.7. The van der Waals surface area contributed by atoms with Crippen LogP contribution in [0.4, 0.5) is 0 Å². The quantitative estimate of drug-likeness (QED) is 0.497. The minimum absolute atomic E-state index is 0.201. The molecule has 0 saturated heterocycles. The van der Waals surface area contributed by atoms with Crippen molar-refractivity contribution < 1.29 is 14.3 Å². The molecule has 160 valence electrons. The van der Waals surface area contributed by atoms with E-state index in [1.165, 1.54) is 9.08 Å². The van der Waals surface area contributed by atoms with Crippen LogP contribution in [-0.4, -0.2) is 39.8 Å². The molecule has 0 aliphatic carbocycles. The molecule has 3 aromatic rings. The highest BCUT2D eigenvalue weighted by Crippen LogP contribution is 2.36. The summed E-state index contributed by atoms with van der Waals surface area (Å²) in [7, 11) is 0. The molecule has 1 N–H and O–H groups in total. The second kappa shape index (κ2) is 10.2. The van der Waals surface area contributed by atoms with Gasteiger partial charge in [-0.1, -0.05) is 24.6 Å². The minimum atomic E-state index is -0.276. The summed E-state index contributed by atoms with van der Waals surface area (Å²) in [6, 6.07) is 8.57. The highest BCUT2D eigenvalue weighted by Gasteiger charge is 2.16. The average Bonchev–Trinajstić information content (AvgIpc) is 3.06. The lowest BCUT2D eigenvalue weighted by Crippen LogP contribution is -2.27. The molecule has 8 nitrogen and oxygen atoms in total. The van der Waals surface area contributed by atoms with Gasteiger partial charge in [-0.2, -0.15) is 0 Å². The first-order valence-electron chi connectivity index (χ1n) is 9.96. The number of benzene rings is 1. The summed E-state index contributed by atoms with van der Waals surface area (Å²) in [5.41, 5.74) is 0.778. The third kappa shape index (κ3) is 4.94. The van der Waals surface area contributed by atoms with Crippen LogP contribution in [0.2, 0.25) is 5.02 Å². The molecule has 30 heavy (non-hydrogen) atoms. The van der Waals surface area contributed by atoms with Gasteiger partial charge in [0.2, 0.25) is 0 Å². The summed E-state index contributed by atoms with van der Waals surface area (Å²) in [6.45, 7) is 5.57. The van der Waals surface area contributed by atoms with Crippen molar-refractivity contribution >= 4 is 23.2 Å². The summed E-state index contributed by atoms with van der Waals surface area (Å²) in [5.74, 6) is 0.616. The van der Waals surface area contributed by atoms with Gasteiger partial charge in [0.1, 0.15) is 0 Å². The number of carbonyl (C=O) groups excluding carboxylic acids is 1. The molecule has 1 amide bonds. The van der Waals surface area contributed by atoms with E-state index in [9.17, 15) is 9.59 Å². The summed E-state index contributed by atoms with van der Waals surface area (Å²) in [6.07, 6.45) is 3.06. The Morgan fingerprint density at radius 3 is 2.80 bits per heavy atom. The van der Waals surface area contributed by atoms with Gasteiger partial charge in [-0.05, 0) is 44.0 Å². The van der Waals surface area contributed by atoms with Crippen LogP contribution in [-0.2, 0) is 6.54 Å². The molecule has 0 aliphatic rings. The first-order valence-corrected chi connectivity index (χ1v) is 10.3. The van der Waals surface area contributed by atoms with E-state index in [1.54, 1.807) is 30.5 Å². The molecule has 2 heterocycles. The van der Waals surface area contributed by atoms with Crippen LogP contribution in [0.15, 0.2) is 41.3 Å². The normalized spacial score (nSPS) is 10.9. The largest absolute Gasteiger partial charge is 0.490 e. The topological polar surface area (TPSA) is 86.9 Å². The number of amides is 1. The zero-order valence-corrected chi connectivity index (χ0v) is 17.8. The van der Waals surface area contributed by atoms with Gasteiger partial charge >= 0.3 is 5.69 Å². The van der Waals surface area contributed by atoms with E-state index in [0.717, 1.165) is 6.42 Å². The summed E-state index contributed by atoms with van der Waals surface area (Å²) >= 11 is 6.31. The number of nitrogens with one attached hydrogen (secondary N) is 1. The van der Waals surface area contributed by atoms with E-state index in [1.807, 2.05) is 19.9 Å². The molecule has 0 fully saturated rings. The summed E-state index contributed by atoms with van der Waals surface area (Å²) < 4.78 is 14.1. The van der Waals surface area contributed by atoms with Crippen LogP contribution < -0.4 is 20.5 Å². The second-order valence-electron chi connectivity index (χ2n) is 6.61. The summed E-state index contributed by atoms with van der Waals surface area (Å²) in [4.78, 5) is 24.8. The number of halogens is 1. The fourth-order valence-electron chi connectivity index (χ4n) is 2.95. The van der Waals surface area contributed by atoms with Crippen molar-refractivity contribution in [3.8, 4) is 11.5 Å². The van der Waals surface area contributed by atoms with E-state index in [2.05, 4.69) is 10.4 Å². The van der Waals surface area contributed by atoms with Crippen molar-refractivity contribution in [2.45, 2.75) is 33.2 Å². The lowest BCUT2D eigenvalue weighted by atomic mass is 10.2. The molecule has 9 heteroatoms.